The molecular formula is C16H9Cl3N2OS. The highest BCUT2D eigenvalue weighted by Crippen LogP contribution is 2.34. The Morgan fingerprint density at radius 2 is 1.87 bits per heavy atom. The molecule has 0 aliphatic carbocycles. The summed E-state index contributed by atoms with van der Waals surface area (Å²) in [4.78, 5) is 12.6. The minimum atomic E-state index is -0.354. The van der Waals surface area contributed by atoms with Gasteiger partial charge in [0.25, 0.3) is 5.91 Å². The number of nitrogens with zero attached hydrogens (tertiary/aromatic N) is 1. The minimum Gasteiger partial charge on any atom is -0.266 e. The van der Waals surface area contributed by atoms with Gasteiger partial charge in [0.15, 0.2) is 0 Å². The van der Waals surface area contributed by atoms with Crippen LogP contribution in [-0.2, 0) is 0 Å². The fourth-order valence-corrected chi connectivity index (χ4v) is 3.68. The second-order valence-corrected chi connectivity index (χ2v) is 6.86. The molecule has 1 heterocycles. The quantitative estimate of drug-likeness (QED) is 0.462. The van der Waals surface area contributed by atoms with Gasteiger partial charge in [-0.15, -0.1) is 11.3 Å². The SMILES string of the molecule is O=C(N/N=C\c1ccc(Cl)c(Cl)c1)c1sc2ccccc2c1Cl. The van der Waals surface area contributed by atoms with Crippen LogP contribution in [0.25, 0.3) is 10.1 Å². The van der Waals surface area contributed by atoms with Crippen molar-refractivity contribution in [2.24, 2.45) is 5.10 Å². The van der Waals surface area contributed by atoms with Crippen molar-refractivity contribution >= 4 is 68.3 Å². The normalized spacial score (nSPS) is 11.3. The van der Waals surface area contributed by atoms with Crippen molar-refractivity contribution in [3.8, 4) is 0 Å². The number of hydrogen-bond donors (Lipinski definition) is 1. The molecule has 3 aromatic rings. The Kier molecular flexibility index (Phi) is 4.87. The Hall–Kier alpha value is -1.59. The van der Waals surface area contributed by atoms with E-state index in [4.69, 9.17) is 34.8 Å². The lowest BCUT2D eigenvalue weighted by molar-refractivity contribution is 0.0959. The van der Waals surface area contributed by atoms with Crippen molar-refractivity contribution < 1.29 is 4.79 Å². The van der Waals surface area contributed by atoms with Crippen LogP contribution in [0.3, 0.4) is 0 Å². The number of thiophene rings is 1. The van der Waals surface area contributed by atoms with Crippen LogP contribution in [-0.4, -0.2) is 12.1 Å². The second-order valence-electron chi connectivity index (χ2n) is 4.61. The number of fused-ring (bicyclic) bond motifs is 1. The summed E-state index contributed by atoms with van der Waals surface area (Å²) >= 11 is 19.3. The summed E-state index contributed by atoms with van der Waals surface area (Å²) in [5, 5.41) is 6.11. The van der Waals surface area contributed by atoms with E-state index in [0.717, 1.165) is 15.6 Å². The van der Waals surface area contributed by atoms with Gasteiger partial charge in [0.2, 0.25) is 0 Å². The highest BCUT2D eigenvalue weighted by atomic mass is 35.5. The maximum absolute atomic E-state index is 12.2. The molecule has 3 rings (SSSR count). The number of halogens is 3. The molecule has 0 radical (unpaired) electrons. The van der Waals surface area contributed by atoms with Gasteiger partial charge < -0.3 is 0 Å². The van der Waals surface area contributed by atoms with Crippen LogP contribution in [0.4, 0.5) is 0 Å². The van der Waals surface area contributed by atoms with E-state index in [1.165, 1.54) is 17.6 Å². The van der Waals surface area contributed by atoms with Gasteiger partial charge in [0.05, 0.1) is 21.3 Å². The molecule has 1 N–H and O–H groups in total. The number of hydrazone groups is 1. The third-order valence-corrected chi connectivity index (χ3v) is 5.48. The van der Waals surface area contributed by atoms with E-state index < -0.39 is 0 Å². The van der Waals surface area contributed by atoms with E-state index in [2.05, 4.69) is 10.5 Å². The molecule has 0 unspecified atom stereocenters. The van der Waals surface area contributed by atoms with Crippen LogP contribution >= 0.6 is 46.1 Å². The number of benzene rings is 2. The topological polar surface area (TPSA) is 41.5 Å². The summed E-state index contributed by atoms with van der Waals surface area (Å²) < 4.78 is 0.955. The van der Waals surface area contributed by atoms with Crippen LogP contribution in [0.5, 0.6) is 0 Å². The number of carbonyl (C=O) groups excluding carboxylic acids is 1. The number of carbonyl (C=O) groups is 1. The predicted octanol–water partition coefficient (Wildman–Crippen LogP) is 5.63. The average molecular weight is 384 g/mol. The van der Waals surface area contributed by atoms with Crippen LogP contribution in [0.2, 0.25) is 15.1 Å². The summed E-state index contributed by atoms with van der Waals surface area (Å²) in [6.45, 7) is 0. The molecule has 0 aliphatic rings. The van der Waals surface area contributed by atoms with Crippen molar-refractivity contribution in [1.29, 1.82) is 0 Å². The Balaban J connectivity index is 1.77. The number of nitrogens with one attached hydrogen (secondary N) is 1. The van der Waals surface area contributed by atoms with Gasteiger partial charge in [0.1, 0.15) is 4.88 Å². The molecule has 7 heteroatoms. The molecule has 0 fully saturated rings. The second kappa shape index (κ2) is 6.89. The molecule has 23 heavy (non-hydrogen) atoms. The molecule has 0 atom stereocenters. The van der Waals surface area contributed by atoms with E-state index in [0.29, 0.717) is 19.9 Å². The lowest BCUT2D eigenvalue weighted by Gasteiger charge is -1.99. The maximum Gasteiger partial charge on any atom is 0.283 e. The summed E-state index contributed by atoms with van der Waals surface area (Å²) in [6, 6.07) is 12.6. The lowest BCUT2D eigenvalue weighted by Crippen LogP contribution is -2.16. The molecule has 0 aliphatic heterocycles. The number of amides is 1. The van der Waals surface area contributed by atoms with Crippen LogP contribution in [0.15, 0.2) is 47.6 Å². The molecule has 0 saturated carbocycles. The van der Waals surface area contributed by atoms with E-state index >= 15 is 0 Å². The third kappa shape index (κ3) is 3.51. The summed E-state index contributed by atoms with van der Waals surface area (Å²) in [6.07, 6.45) is 1.49. The highest BCUT2D eigenvalue weighted by Gasteiger charge is 2.16. The molecule has 2 aromatic carbocycles. The molecular weight excluding hydrogens is 375 g/mol. The van der Waals surface area contributed by atoms with Gasteiger partial charge in [-0.2, -0.15) is 5.10 Å². The van der Waals surface area contributed by atoms with Gasteiger partial charge >= 0.3 is 0 Å². The molecule has 0 bridgehead atoms. The first-order chi connectivity index (χ1) is 11.1. The van der Waals surface area contributed by atoms with Crippen molar-refractivity contribution in [2.45, 2.75) is 0 Å². The molecule has 1 aromatic heterocycles. The molecule has 3 nitrogen and oxygen atoms in total. The zero-order chi connectivity index (χ0) is 16.4. The van der Waals surface area contributed by atoms with Gasteiger partial charge in [-0.25, -0.2) is 5.43 Å². The van der Waals surface area contributed by atoms with Gasteiger partial charge in [-0.1, -0.05) is 59.1 Å². The summed E-state index contributed by atoms with van der Waals surface area (Å²) in [5.41, 5.74) is 3.19. The Morgan fingerprint density at radius 3 is 2.61 bits per heavy atom. The first kappa shape index (κ1) is 16.3. The average Bonchev–Trinajstić information content (AvgIpc) is 2.88. The molecule has 1 amide bonds. The Morgan fingerprint density at radius 1 is 1.09 bits per heavy atom. The van der Waals surface area contributed by atoms with Crippen molar-refractivity contribution in [1.82, 2.24) is 5.43 Å². The Labute approximate surface area is 151 Å². The summed E-state index contributed by atoms with van der Waals surface area (Å²) in [7, 11) is 0. The largest absolute Gasteiger partial charge is 0.283 e. The van der Waals surface area contributed by atoms with Crippen LogP contribution in [0.1, 0.15) is 15.2 Å². The monoisotopic (exact) mass is 382 g/mol. The minimum absolute atomic E-state index is 0.354. The smallest absolute Gasteiger partial charge is 0.266 e. The molecule has 0 saturated heterocycles. The van der Waals surface area contributed by atoms with E-state index in [1.54, 1.807) is 18.2 Å². The fourth-order valence-electron chi connectivity index (χ4n) is 1.97. The number of hydrogen-bond acceptors (Lipinski definition) is 3. The van der Waals surface area contributed by atoms with Crippen molar-refractivity contribution in [2.75, 3.05) is 0 Å². The van der Waals surface area contributed by atoms with E-state index in [9.17, 15) is 4.79 Å². The van der Waals surface area contributed by atoms with Gasteiger partial charge in [-0.05, 0) is 23.8 Å². The van der Waals surface area contributed by atoms with Crippen molar-refractivity contribution in [3.05, 3.63) is 68.0 Å². The lowest BCUT2D eigenvalue weighted by atomic mass is 10.2. The molecule has 116 valence electrons. The van der Waals surface area contributed by atoms with Crippen LogP contribution in [0, 0.1) is 0 Å². The van der Waals surface area contributed by atoms with E-state index in [1.807, 2.05) is 24.3 Å². The third-order valence-electron chi connectivity index (χ3n) is 3.06. The Bertz CT molecular complexity index is 921. The number of rotatable bonds is 3. The van der Waals surface area contributed by atoms with Crippen LogP contribution < -0.4 is 5.43 Å². The van der Waals surface area contributed by atoms with Crippen molar-refractivity contribution in [3.63, 3.8) is 0 Å². The van der Waals surface area contributed by atoms with Gasteiger partial charge in [-0.3, -0.25) is 4.79 Å². The molecule has 0 spiro atoms. The van der Waals surface area contributed by atoms with E-state index in [-0.39, 0.29) is 5.91 Å². The fraction of sp³-hybridized carbons (Fsp3) is 0. The zero-order valence-electron chi connectivity index (χ0n) is 11.5. The standard InChI is InChI=1S/C16H9Cl3N2OS/c17-11-6-5-9(7-12(11)18)8-20-21-16(22)15-14(19)10-3-1-2-4-13(10)23-15/h1-8H,(H,21,22)/b20-8-. The highest BCUT2D eigenvalue weighted by molar-refractivity contribution is 7.21. The zero-order valence-corrected chi connectivity index (χ0v) is 14.6. The van der Waals surface area contributed by atoms with Gasteiger partial charge in [0, 0.05) is 10.1 Å². The first-order valence-corrected chi connectivity index (χ1v) is 8.47. The first-order valence-electron chi connectivity index (χ1n) is 6.52. The summed E-state index contributed by atoms with van der Waals surface area (Å²) in [5.74, 6) is -0.354. The maximum atomic E-state index is 12.2. The predicted molar refractivity (Wildman–Crippen MR) is 98.4 cm³/mol.